The number of carbonyl (C=O) groups excluding carboxylic acids is 2. The lowest BCUT2D eigenvalue weighted by atomic mass is 9.93. The second kappa shape index (κ2) is 14.4. The molecule has 0 aliphatic rings. The Morgan fingerprint density at radius 1 is 1.02 bits per heavy atom. The smallest absolute Gasteiger partial charge is 0.336 e. The van der Waals surface area contributed by atoms with Crippen molar-refractivity contribution >= 4 is 39.2 Å². The summed E-state index contributed by atoms with van der Waals surface area (Å²) in [4.78, 5) is 65.7. The highest BCUT2D eigenvalue weighted by molar-refractivity contribution is 7.92. The molecule has 2 heterocycles. The van der Waals surface area contributed by atoms with Crippen LogP contribution in [0.3, 0.4) is 0 Å². The van der Waals surface area contributed by atoms with Gasteiger partial charge in [-0.15, -0.1) is 0 Å². The van der Waals surface area contributed by atoms with Crippen LogP contribution in [0, 0.1) is 24.0 Å². The second-order valence-corrected chi connectivity index (χ2v) is 13.6. The first-order valence-corrected chi connectivity index (χ1v) is 16.2. The first-order chi connectivity index (χ1) is 23.3. The number of anilines is 2. The Labute approximate surface area is 283 Å². The largest absolute Gasteiger partial charge is 0.480 e. The monoisotopic (exact) mass is 714 g/mol. The highest BCUT2D eigenvalue weighted by Gasteiger charge is 2.28. The molecular weight excluding hydrogens is 682 g/mol. The van der Waals surface area contributed by atoms with E-state index in [0.717, 1.165) is 16.7 Å². The number of aliphatic hydroxyl groups is 1. The van der Waals surface area contributed by atoms with E-state index in [2.05, 4.69) is 15.6 Å². The minimum Gasteiger partial charge on any atom is -0.480 e. The van der Waals surface area contributed by atoms with Crippen LogP contribution in [0.5, 0.6) is 0 Å². The van der Waals surface area contributed by atoms with Gasteiger partial charge in [-0.1, -0.05) is 6.07 Å². The molecule has 18 heteroatoms. The van der Waals surface area contributed by atoms with E-state index in [1.165, 1.54) is 69.0 Å². The van der Waals surface area contributed by atoms with Gasteiger partial charge in [-0.05, 0) is 62.7 Å². The number of pyridine rings is 1. The van der Waals surface area contributed by atoms with Crippen LogP contribution in [0.4, 0.5) is 20.2 Å². The molecule has 5 N–H and O–H groups in total. The van der Waals surface area contributed by atoms with Gasteiger partial charge in [-0.2, -0.15) is 0 Å². The number of carboxylic acids is 1. The van der Waals surface area contributed by atoms with Gasteiger partial charge >= 0.3 is 11.7 Å². The molecule has 0 aliphatic carbocycles. The Morgan fingerprint density at radius 2 is 1.68 bits per heavy atom. The molecule has 1 atom stereocenters. The molecule has 0 unspecified atom stereocenters. The van der Waals surface area contributed by atoms with Crippen molar-refractivity contribution in [1.29, 1.82) is 0 Å². The molecule has 2 amide bonds. The normalized spacial score (nSPS) is 12.2. The van der Waals surface area contributed by atoms with E-state index < -0.39 is 80.0 Å². The zero-order valence-corrected chi connectivity index (χ0v) is 27.8. The summed E-state index contributed by atoms with van der Waals surface area (Å²) in [5.74, 6) is -6.12. The van der Waals surface area contributed by atoms with Crippen LogP contribution >= 0.6 is 0 Å². The highest BCUT2D eigenvalue weighted by Crippen LogP contribution is 2.25. The molecule has 0 fully saturated rings. The maximum atomic E-state index is 15.0. The average molecular weight is 715 g/mol. The number of benzene rings is 2. The standard InChI is InChI=1S/C32H32F2N6O9S/c1-17-15-39(4)31(47)40(28(17)43)26-10-5-18(14-35-26)11-25(29(44)45)37-27(42)21-12-23(34)24(13-22(21)33)38-50(48,49)20-8-6-19(7-9-20)36-30(46)32(2,3)16-41/h5-10,12-15,25,38,41H,11,16H2,1-4H3,(H,36,46)(H,37,42)(H,44,45)/t25-/m0/s1. The van der Waals surface area contributed by atoms with Crippen molar-refractivity contribution in [1.82, 2.24) is 19.4 Å². The van der Waals surface area contributed by atoms with E-state index in [0.29, 0.717) is 12.1 Å². The molecule has 0 radical (unpaired) electrons. The molecule has 15 nitrogen and oxygen atoms in total. The molecule has 2 aromatic heterocycles. The van der Waals surface area contributed by atoms with Crippen molar-refractivity contribution in [3.63, 3.8) is 0 Å². The first kappa shape index (κ1) is 37.1. The number of aryl methyl sites for hydroxylation is 2. The number of nitrogens with zero attached hydrogens (tertiary/aromatic N) is 3. The minimum absolute atomic E-state index is 0.0314. The molecule has 2 aromatic carbocycles. The SMILES string of the molecule is Cc1cn(C)c(=O)n(-c2ccc(C[C@H](NC(=O)c3cc(F)c(NS(=O)(=O)c4ccc(NC(=O)C(C)(C)CO)cc4)cc3F)C(=O)O)cn2)c1=O. The number of aliphatic carboxylic acids is 1. The van der Waals surface area contributed by atoms with Gasteiger partial charge in [0.15, 0.2) is 0 Å². The number of nitrogens with one attached hydrogen (secondary N) is 3. The molecule has 50 heavy (non-hydrogen) atoms. The Balaban J connectivity index is 1.47. The summed E-state index contributed by atoms with van der Waals surface area (Å²) in [6.45, 7) is 4.08. The summed E-state index contributed by atoms with van der Waals surface area (Å²) in [5.41, 5.74) is -3.39. The highest BCUT2D eigenvalue weighted by atomic mass is 32.2. The van der Waals surface area contributed by atoms with Crippen LogP contribution in [0.1, 0.15) is 35.3 Å². The number of carboxylic acid groups (broad SMARTS) is 1. The molecule has 4 rings (SSSR count). The molecule has 0 bridgehead atoms. The fourth-order valence-corrected chi connectivity index (χ4v) is 5.52. The van der Waals surface area contributed by atoms with Gasteiger partial charge in [0.05, 0.1) is 28.2 Å². The van der Waals surface area contributed by atoms with Gasteiger partial charge in [0.25, 0.3) is 21.5 Å². The summed E-state index contributed by atoms with van der Waals surface area (Å²) in [6.07, 6.45) is 2.18. The Hall–Kier alpha value is -5.75. The second-order valence-electron chi connectivity index (χ2n) is 11.9. The lowest BCUT2D eigenvalue weighted by molar-refractivity contribution is -0.139. The molecule has 0 spiro atoms. The molecular formula is C32H32F2N6O9S. The lowest BCUT2D eigenvalue weighted by Gasteiger charge is -2.20. The third-order valence-corrected chi connectivity index (χ3v) is 8.86. The predicted molar refractivity (Wildman–Crippen MR) is 176 cm³/mol. The summed E-state index contributed by atoms with van der Waals surface area (Å²) in [6, 6.07) is 6.54. The van der Waals surface area contributed by atoms with Crippen LogP contribution in [0.15, 0.2) is 75.4 Å². The summed E-state index contributed by atoms with van der Waals surface area (Å²) < 4.78 is 59.7. The van der Waals surface area contributed by atoms with E-state index >= 15 is 8.78 Å². The lowest BCUT2D eigenvalue weighted by Crippen LogP contribution is -2.42. The average Bonchev–Trinajstić information content (AvgIpc) is 3.05. The maximum Gasteiger partial charge on any atom is 0.336 e. The number of carbonyl (C=O) groups is 3. The van der Waals surface area contributed by atoms with Crippen LogP contribution in [0.25, 0.3) is 5.82 Å². The van der Waals surface area contributed by atoms with Crippen LogP contribution in [-0.4, -0.2) is 63.2 Å². The topological polar surface area (TPSA) is 219 Å². The molecule has 0 saturated carbocycles. The third-order valence-electron chi connectivity index (χ3n) is 7.48. The van der Waals surface area contributed by atoms with E-state index in [9.17, 15) is 42.6 Å². The van der Waals surface area contributed by atoms with Crippen molar-refractivity contribution < 1.29 is 41.8 Å². The van der Waals surface area contributed by atoms with Crippen LogP contribution < -0.4 is 26.6 Å². The van der Waals surface area contributed by atoms with E-state index in [1.54, 1.807) is 0 Å². The number of hydrogen-bond acceptors (Lipinski definition) is 9. The minimum atomic E-state index is -4.49. The van der Waals surface area contributed by atoms with E-state index in [1.807, 2.05) is 4.72 Å². The fraction of sp³-hybridized carbons (Fsp3) is 0.250. The number of amides is 2. The predicted octanol–water partition coefficient (Wildman–Crippen LogP) is 1.70. The van der Waals surface area contributed by atoms with Crippen molar-refractivity contribution in [2.24, 2.45) is 12.5 Å². The quantitative estimate of drug-likeness (QED) is 0.143. The van der Waals surface area contributed by atoms with Crippen LogP contribution in [-0.2, 0) is 33.1 Å². The van der Waals surface area contributed by atoms with Crippen molar-refractivity contribution in [2.45, 2.75) is 38.1 Å². The summed E-state index contributed by atoms with van der Waals surface area (Å²) in [5, 5.41) is 23.6. The van der Waals surface area contributed by atoms with Gasteiger partial charge < -0.3 is 25.4 Å². The van der Waals surface area contributed by atoms with Gasteiger partial charge in [0.1, 0.15) is 23.5 Å². The molecule has 4 aromatic rings. The van der Waals surface area contributed by atoms with Gasteiger partial charge in [0, 0.05) is 43.2 Å². The van der Waals surface area contributed by atoms with E-state index in [-0.39, 0.29) is 33.9 Å². The number of aliphatic hydroxyl groups excluding tert-OH is 1. The first-order valence-electron chi connectivity index (χ1n) is 14.7. The number of sulfonamides is 1. The van der Waals surface area contributed by atoms with Crippen molar-refractivity contribution in [2.75, 3.05) is 16.6 Å². The van der Waals surface area contributed by atoms with Gasteiger partial charge in [-0.25, -0.2) is 36.3 Å². The van der Waals surface area contributed by atoms with Gasteiger partial charge in [-0.3, -0.25) is 19.1 Å². The summed E-state index contributed by atoms with van der Waals surface area (Å²) >= 11 is 0. The zero-order valence-electron chi connectivity index (χ0n) is 27.0. The van der Waals surface area contributed by atoms with E-state index in [4.69, 9.17) is 0 Å². The Kier molecular flexibility index (Phi) is 10.7. The van der Waals surface area contributed by atoms with Crippen LogP contribution in [0.2, 0.25) is 0 Å². The van der Waals surface area contributed by atoms with Crippen molar-refractivity contribution in [3.8, 4) is 5.82 Å². The number of halogens is 2. The maximum absolute atomic E-state index is 15.0. The van der Waals surface area contributed by atoms with Crippen molar-refractivity contribution in [3.05, 3.63) is 110 Å². The third kappa shape index (κ3) is 8.09. The number of hydrogen-bond donors (Lipinski definition) is 5. The number of aromatic nitrogens is 3. The Bertz CT molecular complexity index is 2170. The zero-order chi connectivity index (χ0) is 37.1. The Morgan fingerprint density at radius 3 is 2.26 bits per heavy atom. The summed E-state index contributed by atoms with van der Waals surface area (Å²) in [7, 11) is -3.04. The molecule has 264 valence electrons. The van der Waals surface area contributed by atoms with Gasteiger partial charge in [0.2, 0.25) is 5.91 Å². The fourth-order valence-electron chi connectivity index (χ4n) is 4.46. The molecule has 0 saturated heterocycles. The number of rotatable bonds is 12. The molecule has 0 aliphatic heterocycles.